The van der Waals surface area contributed by atoms with Crippen molar-refractivity contribution in [2.45, 2.75) is 46.0 Å². The fraction of sp³-hybridized carbons (Fsp3) is 0.421. The number of halogens is 1. The van der Waals surface area contributed by atoms with E-state index in [1.54, 1.807) is 6.08 Å². The van der Waals surface area contributed by atoms with Crippen molar-refractivity contribution in [3.05, 3.63) is 52.0 Å². The van der Waals surface area contributed by atoms with Gasteiger partial charge in [-0.25, -0.2) is 0 Å². The van der Waals surface area contributed by atoms with E-state index in [0.29, 0.717) is 0 Å². The Morgan fingerprint density at radius 1 is 1.14 bits per heavy atom. The smallest absolute Gasteiger partial charge is 0.158 e. The number of hydrogen-bond donors (Lipinski definition) is 0. The number of ketones is 1. The minimum Gasteiger partial charge on any atom is -0.295 e. The molecule has 112 valence electrons. The summed E-state index contributed by atoms with van der Waals surface area (Å²) >= 11 is 3.57. The van der Waals surface area contributed by atoms with Crippen LogP contribution in [0.2, 0.25) is 0 Å². The molecule has 0 aliphatic heterocycles. The number of hydrogen-bond acceptors (Lipinski definition) is 1. The molecule has 1 fully saturated rings. The van der Waals surface area contributed by atoms with Crippen molar-refractivity contribution in [2.75, 3.05) is 0 Å². The Kier molecular flexibility index (Phi) is 5.98. The van der Waals surface area contributed by atoms with E-state index >= 15 is 0 Å². The third kappa shape index (κ3) is 4.41. The lowest BCUT2D eigenvalue weighted by atomic mass is 9.86. The van der Waals surface area contributed by atoms with Crippen LogP contribution in [0.3, 0.4) is 0 Å². The average Bonchev–Trinajstić information content (AvgIpc) is 2.49. The van der Waals surface area contributed by atoms with Crippen LogP contribution < -0.4 is 0 Å². The van der Waals surface area contributed by atoms with Gasteiger partial charge in [0, 0.05) is 5.92 Å². The SMILES string of the molecule is C/C(Br)=C(/C=C/C(=O)C1CCCCC1)c1ccccc1C. The zero-order valence-electron chi connectivity index (χ0n) is 12.9. The van der Waals surface area contributed by atoms with Crippen LogP contribution in [0.15, 0.2) is 40.9 Å². The second kappa shape index (κ2) is 7.74. The highest BCUT2D eigenvalue weighted by molar-refractivity contribution is 9.11. The lowest BCUT2D eigenvalue weighted by molar-refractivity contribution is -0.119. The molecule has 0 spiro atoms. The number of rotatable bonds is 4. The van der Waals surface area contributed by atoms with Crippen molar-refractivity contribution in [3.63, 3.8) is 0 Å². The van der Waals surface area contributed by atoms with Gasteiger partial charge < -0.3 is 0 Å². The first-order chi connectivity index (χ1) is 10.1. The number of benzene rings is 1. The Labute approximate surface area is 136 Å². The van der Waals surface area contributed by atoms with E-state index in [2.05, 4.69) is 35.0 Å². The summed E-state index contributed by atoms with van der Waals surface area (Å²) in [5.74, 6) is 0.526. The Hall–Kier alpha value is -1.15. The second-order valence-corrected chi connectivity index (χ2v) is 7.02. The van der Waals surface area contributed by atoms with Gasteiger partial charge in [0.2, 0.25) is 0 Å². The molecule has 1 saturated carbocycles. The summed E-state index contributed by atoms with van der Waals surface area (Å²) in [6.45, 7) is 4.12. The van der Waals surface area contributed by atoms with Crippen molar-refractivity contribution in [1.29, 1.82) is 0 Å². The van der Waals surface area contributed by atoms with Crippen LogP contribution >= 0.6 is 15.9 Å². The molecule has 1 aromatic carbocycles. The lowest BCUT2D eigenvalue weighted by Gasteiger charge is -2.18. The van der Waals surface area contributed by atoms with E-state index in [1.165, 1.54) is 30.4 Å². The summed E-state index contributed by atoms with van der Waals surface area (Å²) in [6.07, 6.45) is 9.54. The first-order valence-corrected chi connectivity index (χ1v) is 8.53. The molecule has 1 aliphatic carbocycles. The summed E-state index contributed by atoms with van der Waals surface area (Å²) in [4.78, 5) is 12.3. The van der Waals surface area contributed by atoms with Gasteiger partial charge >= 0.3 is 0 Å². The van der Waals surface area contributed by atoms with Gasteiger partial charge in [0.25, 0.3) is 0 Å². The molecule has 1 aliphatic rings. The maximum absolute atomic E-state index is 12.3. The fourth-order valence-electron chi connectivity index (χ4n) is 2.95. The van der Waals surface area contributed by atoms with E-state index in [9.17, 15) is 4.79 Å². The van der Waals surface area contributed by atoms with E-state index < -0.39 is 0 Å². The molecule has 0 bridgehead atoms. The average molecular weight is 347 g/mol. The van der Waals surface area contributed by atoms with Crippen LogP contribution in [0, 0.1) is 12.8 Å². The van der Waals surface area contributed by atoms with Crippen LogP contribution in [0.1, 0.15) is 50.2 Å². The molecule has 1 nitrogen and oxygen atoms in total. The number of allylic oxidation sites excluding steroid dienone is 4. The minimum absolute atomic E-state index is 0.240. The molecule has 0 atom stereocenters. The predicted octanol–water partition coefficient (Wildman–Crippen LogP) is 5.83. The highest BCUT2D eigenvalue weighted by atomic mass is 79.9. The van der Waals surface area contributed by atoms with Gasteiger partial charge in [-0.1, -0.05) is 65.5 Å². The Morgan fingerprint density at radius 3 is 2.43 bits per heavy atom. The minimum atomic E-state index is 0.240. The van der Waals surface area contributed by atoms with Crippen molar-refractivity contribution in [3.8, 4) is 0 Å². The molecule has 2 rings (SSSR count). The third-order valence-corrected chi connectivity index (χ3v) is 4.66. The zero-order chi connectivity index (χ0) is 15.2. The van der Waals surface area contributed by atoms with Crippen LogP contribution in [-0.4, -0.2) is 5.78 Å². The maximum atomic E-state index is 12.3. The molecule has 0 aromatic heterocycles. The topological polar surface area (TPSA) is 17.1 Å². The van der Waals surface area contributed by atoms with Crippen molar-refractivity contribution in [1.82, 2.24) is 0 Å². The molecule has 0 radical (unpaired) electrons. The Bertz CT molecular complexity index is 559. The summed E-state index contributed by atoms with van der Waals surface area (Å²) in [6, 6.07) is 8.28. The second-order valence-electron chi connectivity index (χ2n) is 5.83. The van der Waals surface area contributed by atoms with Crippen molar-refractivity contribution < 1.29 is 4.79 Å². The molecular weight excluding hydrogens is 324 g/mol. The van der Waals surface area contributed by atoms with Gasteiger partial charge in [-0.15, -0.1) is 0 Å². The summed E-state index contributed by atoms with van der Waals surface area (Å²) in [5, 5.41) is 0. The molecule has 1 aromatic rings. The molecule has 0 N–H and O–H groups in total. The molecule has 2 heteroatoms. The monoisotopic (exact) mass is 346 g/mol. The molecule has 0 amide bonds. The standard InChI is InChI=1S/C19H23BrO/c1-14-8-6-7-11-17(14)18(15(2)20)12-13-19(21)16-9-4-3-5-10-16/h6-8,11-13,16H,3-5,9-10H2,1-2H3/b13-12+,18-15+. The Balaban J connectivity index is 2.18. The molecule has 0 unspecified atom stereocenters. The Morgan fingerprint density at radius 2 is 1.81 bits per heavy atom. The highest BCUT2D eigenvalue weighted by Crippen LogP contribution is 2.28. The van der Waals surface area contributed by atoms with Crippen molar-refractivity contribution in [2.24, 2.45) is 5.92 Å². The third-order valence-electron chi connectivity index (χ3n) is 4.23. The zero-order valence-corrected chi connectivity index (χ0v) is 14.4. The molecular formula is C19H23BrO. The van der Waals surface area contributed by atoms with Gasteiger partial charge in [-0.2, -0.15) is 0 Å². The maximum Gasteiger partial charge on any atom is 0.158 e. The van der Waals surface area contributed by atoms with Gasteiger partial charge in [0.15, 0.2) is 5.78 Å². The first-order valence-electron chi connectivity index (χ1n) is 7.74. The van der Waals surface area contributed by atoms with E-state index in [-0.39, 0.29) is 11.7 Å². The molecule has 0 saturated heterocycles. The van der Waals surface area contributed by atoms with Crippen LogP contribution in [0.25, 0.3) is 5.57 Å². The lowest BCUT2D eigenvalue weighted by Crippen LogP contribution is -2.15. The van der Waals surface area contributed by atoms with Crippen LogP contribution in [0.4, 0.5) is 0 Å². The van der Waals surface area contributed by atoms with E-state index in [1.807, 2.05) is 25.1 Å². The van der Waals surface area contributed by atoms with Gasteiger partial charge in [0.1, 0.15) is 0 Å². The summed E-state index contributed by atoms with van der Waals surface area (Å²) in [7, 11) is 0. The fourth-order valence-corrected chi connectivity index (χ4v) is 3.30. The summed E-state index contributed by atoms with van der Waals surface area (Å²) < 4.78 is 1.06. The van der Waals surface area contributed by atoms with E-state index in [4.69, 9.17) is 0 Å². The number of aryl methyl sites for hydroxylation is 1. The highest BCUT2D eigenvalue weighted by Gasteiger charge is 2.19. The van der Waals surface area contributed by atoms with E-state index in [0.717, 1.165) is 22.9 Å². The quantitative estimate of drug-likeness (QED) is 0.495. The van der Waals surface area contributed by atoms with Gasteiger partial charge in [-0.05, 0) is 53.9 Å². The number of carbonyl (C=O) groups is 1. The first kappa shape index (κ1) is 16.2. The van der Waals surface area contributed by atoms with Crippen molar-refractivity contribution >= 4 is 27.3 Å². The van der Waals surface area contributed by atoms with Crippen LogP contribution in [-0.2, 0) is 4.79 Å². The molecule has 21 heavy (non-hydrogen) atoms. The normalized spacial score (nSPS) is 17.9. The van der Waals surface area contributed by atoms with Crippen LogP contribution in [0.5, 0.6) is 0 Å². The van der Waals surface area contributed by atoms with Gasteiger partial charge in [-0.3, -0.25) is 4.79 Å². The largest absolute Gasteiger partial charge is 0.295 e. The number of carbonyl (C=O) groups excluding carboxylic acids is 1. The molecule has 0 heterocycles. The predicted molar refractivity (Wildman–Crippen MR) is 93.4 cm³/mol. The van der Waals surface area contributed by atoms with Gasteiger partial charge in [0.05, 0.1) is 0 Å². The summed E-state index contributed by atoms with van der Waals surface area (Å²) in [5.41, 5.74) is 3.50.